The smallest absolute Gasteiger partial charge is 0.362 e. The SMILES string of the molecule is CCn1ccnc(N2CCN(c3ccc(C(F)(F)F)cc3[N+](=O)[O-])CC2)c1=O. The van der Waals surface area contributed by atoms with Gasteiger partial charge in [0.15, 0.2) is 5.82 Å². The molecule has 1 fully saturated rings. The summed E-state index contributed by atoms with van der Waals surface area (Å²) < 4.78 is 40.1. The Morgan fingerprint density at radius 2 is 1.82 bits per heavy atom. The first-order valence-corrected chi connectivity index (χ1v) is 8.63. The van der Waals surface area contributed by atoms with Crippen LogP contribution in [0.2, 0.25) is 0 Å². The number of aromatic nitrogens is 2. The minimum Gasteiger partial charge on any atom is -0.362 e. The molecule has 0 N–H and O–H groups in total. The van der Waals surface area contributed by atoms with E-state index in [0.29, 0.717) is 44.6 Å². The van der Waals surface area contributed by atoms with Crippen molar-refractivity contribution in [3.8, 4) is 0 Å². The number of rotatable bonds is 4. The average Bonchev–Trinajstić information content (AvgIpc) is 2.67. The number of nitrogens with zero attached hydrogens (tertiary/aromatic N) is 5. The Kier molecular flexibility index (Phi) is 5.25. The van der Waals surface area contributed by atoms with Crippen LogP contribution in [0.5, 0.6) is 0 Å². The summed E-state index contributed by atoms with van der Waals surface area (Å²) >= 11 is 0. The summed E-state index contributed by atoms with van der Waals surface area (Å²) in [6, 6.07) is 2.52. The molecular weight excluding hydrogens is 379 g/mol. The van der Waals surface area contributed by atoms with Crippen LogP contribution < -0.4 is 15.4 Å². The first kappa shape index (κ1) is 19.6. The third kappa shape index (κ3) is 3.78. The first-order chi connectivity index (χ1) is 13.2. The molecule has 1 aromatic heterocycles. The van der Waals surface area contributed by atoms with Gasteiger partial charge in [-0.2, -0.15) is 13.2 Å². The molecule has 1 aromatic carbocycles. The van der Waals surface area contributed by atoms with Crippen LogP contribution in [0.3, 0.4) is 0 Å². The molecule has 0 saturated carbocycles. The lowest BCUT2D eigenvalue weighted by Crippen LogP contribution is -2.49. The maximum absolute atomic E-state index is 12.9. The largest absolute Gasteiger partial charge is 0.416 e. The van der Waals surface area contributed by atoms with Gasteiger partial charge in [0, 0.05) is 51.2 Å². The molecule has 1 aliphatic rings. The zero-order valence-electron chi connectivity index (χ0n) is 15.0. The zero-order valence-corrected chi connectivity index (χ0v) is 15.0. The van der Waals surface area contributed by atoms with E-state index in [1.807, 2.05) is 6.92 Å². The molecular formula is C17H18F3N5O3. The number of hydrogen-bond donors (Lipinski definition) is 0. The lowest BCUT2D eigenvalue weighted by molar-refractivity contribution is -0.384. The molecule has 1 saturated heterocycles. The maximum atomic E-state index is 12.9. The second kappa shape index (κ2) is 7.49. The summed E-state index contributed by atoms with van der Waals surface area (Å²) in [5, 5.41) is 11.3. The van der Waals surface area contributed by atoms with Crippen LogP contribution >= 0.6 is 0 Å². The molecule has 2 aromatic rings. The maximum Gasteiger partial charge on any atom is 0.416 e. The van der Waals surface area contributed by atoms with Crippen LogP contribution in [0.15, 0.2) is 35.4 Å². The van der Waals surface area contributed by atoms with Crippen molar-refractivity contribution in [2.75, 3.05) is 36.0 Å². The van der Waals surface area contributed by atoms with Gasteiger partial charge in [-0.05, 0) is 19.1 Å². The summed E-state index contributed by atoms with van der Waals surface area (Å²) in [5.74, 6) is 0.297. The second-order valence-electron chi connectivity index (χ2n) is 6.27. The van der Waals surface area contributed by atoms with Crippen LogP contribution in [0, 0.1) is 10.1 Å². The Hall–Kier alpha value is -3.11. The second-order valence-corrected chi connectivity index (χ2v) is 6.27. The quantitative estimate of drug-likeness (QED) is 0.582. The Morgan fingerprint density at radius 3 is 2.39 bits per heavy atom. The van der Waals surface area contributed by atoms with Gasteiger partial charge in [-0.1, -0.05) is 0 Å². The van der Waals surface area contributed by atoms with E-state index in [0.717, 1.165) is 12.1 Å². The molecule has 150 valence electrons. The van der Waals surface area contributed by atoms with Crippen molar-refractivity contribution in [2.45, 2.75) is 19.6 Å². The van der Waals surface area contributed by atoms with Crippen LogP contribution in [0.4, 0.5) is 30.4 Å². The van der Waals surface area contributed by atoms with Gasteiger partial charge in [-0.15, -0.1) is 0 Å². The fourth-order valence-electron chi connectivity index (χ4n) is 3.17. The van der Waals surface area contributed by atoms with E-state index in [1.165, 1.54) is 10.8 Å². The predicted octanol–water partition coefficient (Wildman–Crippen LogP) is 2.52. The van der Waals surface area contributed by atoms with E-state index in [4.69, 9.17) is 0 Å². The molecule has 0 atom stereocenters. The normalized spacial score (nSPS) is 15.0. The van der Waals surface area contributed by atoms with Crippen LogP contribution in [0.1, 0.15) is 12.5 Å². The van der Waals surface area contributed by atoms with Crippen molar-refractivity contribution in [3.05, 3.63) is 56.6 Å². The highest BCUT2D eigenvalue weighted by Gasteiger charge is 2.34. The Morgan fingerprint density at radius 1 is 1.18 bits per heavy atom. The summed E-state index contributed by atoms with van der Waals surface area (Å²) in [6.07, 6.45) is -1.53. The van der Waals surface area contributed by atoms with Gasteiger partial charge in [0.05, 0.1) is 10.5 Å². The number of halogens is 3. The molecule has 0 aliphatic carbocycles. The Labute approximate surface area is 158 Å². The molecule has 28 heavy (non-hydrogen) atoms. The molecule has 1 aliphatic heterocycles. The van der Waals surface area contributed by atoms with E-state index in [9.17, 15) is 28.1 Å². The van der Waals surface area contributed by atoms with Gasteiger partial charge in [-0.3, -0.25) is 14.9 Å². The minimum absolute atomic E-state index is 0.129. The lowest BCUT2D eigenvalue weighted by Gasteiger charge is -2.36. The molecule has 3 rings (SSSR count). The van der Waals surface area contributed by atoms with E-state index >= 15 is 0 Å². The molecule has 2 heterocycles. The summed E-state index contributed by atoms with van der Waals surface area (Å²) in [5.41, 5.74) is -1.74. The highest BCUT2D eigenvalue weighted by Crippen LogP contribution is 2.36. The van der Waals surface area contributed by atoms with Gasteiger partial charge < -0.3 is 14.4 Å². The predicted molar refractivity (Wildman–Crippen MR) is 96.7 cm³/mol. The highest BCUT2D eigenvalue weighted by molar-refractivity contribution is 5.65. The summed E-state index contributed by atoms with van der Waals surface area (Å²) in [7, 11) is 0. The summed E-state index contributed by atoms with van der Waals surface area (Å²) in [6.45, 7) is 3.71. The van der Waals surface area contributed by atoms with Gasteiger partial charge in [0.25, 0.3) is 11.2 Å². The third-order valence-corrected chi connectivity index (χ3v) is 4.66. The van der Waals surface area contributed by atoms with Crippen LogP contribution in [-0.4, -0.2) is 40.7 Å². The first-order valence-electron chi connectivity index (χ1n) is 8.63. The van der Waals surface area contributed by atoms with Crippen molar-refractivity contribution in [2.24, 2.45) is 0 Å². The van der Waals surface area contributed by atoms with Gasteiger partial charge in [-0.25, -0.2) is 4.98 Å². The molecule has 0 radical (unpaired) electrons. The van der Waals surface area contributed by atoms with E-state index in [2.05, 4.69) is 4.98 Å². The Bertz CT molecular complexity index is 936. The molecule has 11 heteroatoms. The third-order valence-electron chi connectivity index (χ3n) is 4.66. The molecule has 0 amide bonds. The van der Waals surface area contributed by atoms with Crippen molar-refractivity contribution in [1.29, 1.82) is 0 Å². The van der Waals surface area contributed by atoms with Gasteiger partial charge in [0.1, 0.15) is 5.69 Å². The number of hydrogen-bond acceptors (Lipinski definition) is 6. The molecule has 8 nitrogen and oxygen atoms in total. The average molecular weight is 397 g/mol. The van der Waals surface area contributed by atoms with E-state index in [1.54, 1.807) is 16.0 Å². The van der Waals surface area contributed by atoms with Gasteiger partial charge >= 0.3 is 6.18 Å². The Balaban J connectivity index is 1.82. The molecule has 0 bridgehead atoms. The number of anilines is 2. The minimum atomic E-state index is -4.65. The standard InChI is InChI=1S/C17H18F3N5O3/c1-2-22-6-5-21-15(16(22)26)24-9-7-23(8-10-24)13-4-3-12(17(18,19)20)11-14(13)25(27)28/h3-6,11H,2,7-10H2,1H3. The number of aryl methyl sites for hydroxylation is 1. The number of benzene rings is 1. The van der Waals surface area contributed by atoms with Gasteiger partial charge in [0.2, 0.25) is 0 Å². The monoisotopic (exact) mass is 397 g/mol. The van der Waals surface area contributed by atoms with Crippen molar-refractivity contribution >= 4 is 17.2 Å². The fourth-order valence-corrected chi connectivity index (χ4v) is 3.17. The summed E-state index contributed by atoms with van der Waals surface area (Å²) in [4.78, 5) is 30.4. The number of alkyl halides is 3. The molecule has 0 unspecified atom stereocenters. The van der Waals surface area contributed by atoms with Crippen LogP contribution in [0.25, 0.3) is 0 Å². The van der Waals surface area contributed by atoms with Crippen molar-refractivity contribution < 1.29 is 18.1 Å². The fraction of sp³-hybridized carbons (Fsp3) is 0.412. The number of piperazine rings is 1. The van der Waals surface area contributed by atoms with E-state index < -0.39 is 22.4 Å². The number of nitro benzene ring substituents is 1. The highest BCUT2D eigenvalue weighted by atomic mass is 19.4. The van der Waals surface area contributed by atoms with Crippen molar-refractivity contribution in [3.63, 3.8) is 0 Å². The zero-order chi connectivity index (χ0) is 20.5. The van der Waals surface area contributed by atoms with Crippen LogP contribution in [-0.2, 0) is 12.7 Å². The number of nitro groups is 1. The lowest BCUT2D eigenvalue weighted by atomic mass is 10.1. The molecule has 0 spiro atoms. The topological polar surface area (TPSA) is 84.5 Å². The van der Waals surface area contributed by atoms with Crippen molar-refractivity contribution in [1.82, 2.24) is 9.55 Å². The van der Waals surface area contributed by atoms with E-state index in [-0.39, 0.29) is 11.2 Å².